The lowest BCUT2D eigenvalue weighted by molar-refractivity contribution is 0.0172. The van der Waals surface area contributed by atoms with Crippen LogP contribution in [-0.2, 0) is 14.8 Å². The summed E-state index contributed by atoms with van der Waals surface area (Å²) in [4.78, 5) is 2.26. The fraction of sp³-hybridized carbons (Fsp3) is 0.684. The van der Waals surface area contributed by atoms with Crippen LogP contribution in [0.4, 0.5) is 0 Å². The Labute approximate surface area is 162 Å². The largest absolute Gasteiger partial charge is 0.379 e. The highest BCUT2D eigenvalue weighted by Gasteiger charge is 2.27. The molecular weight excluding hydrogens is 372 g/mol. The van der Waals surface area contributed by atoms with E-state index in [9.17, 15) is 8.42 Å². The van der Waals surface area contributed by atoms with Crippen LogP contribution < -0.4 is 4.72 Å². The molecule has 26 heavy (non-hydrogen) atoms. The fourth-order valence-corrected chi connectivity index (χ4v) is 5.74. The van der Waals surface area contributed by atoms with E-state index in [1.165, 1.54) is 6.42 Å². The molecule has 0 unspecified atom stereocenters. The third-order valence-electron chi connectivity index (χ3n) is 5.43. The van der Waals surface area contributed by atoms with Crippen molar-refractivity contribution in [2.24, 2.45) is 5.92 Å². The lowest BCUT2D eigenvalue weighted by Gasteiger charge is -2.35. The number of benzene rings is 1. The summed E-state index contributed by atoms with van der Waals surface area (Å²) in [6.07, 6.45) is 5.58. The van der Waals surface area contributed by atoms with Gasteiger partial charge in [-0.1, -0.05) is 49.1 Å². The second-order valence-corrected chi connectivity index (χ2v) is 9.58. The third kappa shape index (κ3) is 5.67. The average molecular weight is 401 g/mol. The normalized spacial score (nSPS) is 21.6. The zero-order chi connectivity index (χ0) is 18.4. The monoisotopic (exact) mass is 400 g/mol. The molecule has 1 aromatic carbocycles. The molecule has 146 valence electrons. The molecule has 1 aliphatic carbocycles. The summed E-state index contributed by atoms with van der Waals surface area (Å²) in [6.45, 7) is 3.23. The molecule has 0 bridgehead atoms. The summed E-state index contributed by atoms with van der Waals surface area (Å²) in [5, 5.41) is 0.676. The zero-order valence-corrected chi connectivity index (χ0v) is 16.8. The maximum atomic E-state index is 12.6. The van der Waals surface area contributed by atoms with E-state index in [2.05, 4.69) is 9.62 Å². The van der Waals surface area contributed by atoms with Gasteiger partial charge in [0.1, 0.15) is 0 Å². The molecule has 0 radical (unpaired) electrons. The summed E-state index contributed by atoms with van der Waals surface area (Å²) < 4.78 is 33.5. The molecule has 1 aromatic rings. The molecule has 1 heterocycles. The highest BCUT2D eigenvalue weighted by atomic mass is 35.5. The van der Waals surface area contributed by atoms with Crippen LogP contribution in [0, 0.1) is 5.92 Å². The van der Waals surface area contributed by atoms with Gasteiger partial charge in [0.2, 0.25) is 10.0 Å². The Morgan fingerprint density at radius 2 is 1.85 bits per heavy atom. The van der Waals surface area contributed by atoms with Crippen LogP contribution in [0.3, 0.4) is 0 Å². The molecule has 1 saturated heterocycles. The van der Waals surface area contributed by atoms with Crippen LogP contribution >= 0.6 is 11.6 Å². The highest BCUT2D eigenvalue weighted by Crippen LogP contribution is 2.28. The predicted molar refractivity (Wildman–Crippen MR) is 105 cm³/mol. The molecule has 1 saturated carbocycles. The molecule has 2 aliphatic rings. The van der Waals surface area contributed by atoms with Gasteiger partial charge in [0, 0.05) is 30.7 Å². The summed E-state index contributed by atoms with van der Waals surface area (Å²) in [5.41, 5.74) is 0.969. The molecule has 0 spiro atoms. The summed E-state index contributed by atoms with van der Waals surface area (Å²) in [7, 11) is -3.29. The van der Waals surface area contributed by atoms with E-state index < -0.39 is 10.0 Å². The summed E-state index contributed by atoms with van der Waals surface area (Å²) in [5.74, 6) is 0.536. The molecule has 0 aromatic heterocycles. The first-order chi connectivity index (χ1) is 12.6. The van der Waals surface area contributed by atoms with Crippen molar-refractivity contribution in [1.29, 1.82) is 0 Å². The van der Waals surface area contributed by atoms with Crippen LogP contribution in [-0.4, -0.2) is 51.9 Å². The van der Waals surface area contributed by atoms with Crippen molar-refractivity contribution in [3.63, 3.8) is 0 Å². The van der Waals surface area contributed by atoms with Crippen LogP contribution in [0.2, 0.25) is 5.02 Å². The summed E-state index contributed by atoms with van der Waals surface area (Å²) in [6, 6.07) is 7.62. The van der Waals surface area contributed by atoms with Crippen molar-refractivity contribution < 1.29 is 13.2 Å². The first-order valence-corrected chi connectivity index (χ1v) is 11.6. The van der Waals surface area contributed by atoms with E-state index in [4.69, 9.17) is 16.3 Å². The van der Waals surface area contributed by atoms with E-state index in [0.29, 0.717) is 30.7 Å². The SMILES string of the molecule is O=S(=O)(CC1CCCCC1)NC[C@H](c1ccccc1Cl)N1CCOCC1. The van der Waals surface area contributed by atoms with E-state index in [-0.39, 0.29) is 11.8 Å². The number of nitrogens with one attached hydrogen (secondary N) is 1. The maximum Gasteiger partial charge on any atom is 0.211 e. The van der Waals surface area contributed by atoms with Gasteiger partial charge < -0.3 is 4.74 Å². The van der Waals surface area contributed by atoms with Crippen LogP contribution in [0.5, 0.6) is 0 Å². The zero-order valence-electron chi connectivity index (χ0n) is 15.2. The molecule has 2 fully saturated rings. The van der Waals surface area contributed by atoms with E-state index >= 15 is 0 Å². The van der Waals surface area contributed by atoms with Crippen molar-refractivity contribution in [2.45, 2.75) is 38.1 Å². The molecule has 1 atom stereocenters. The van der Waals surface area contributed by atoms with Gasteiger partial charge in [-0.15, -0.1) is 0 Å². The number of morpholine rings is 1. The maximum absolute atomic E-state index is 12.6. The van der Waals surface area contributed by atoms with Crippen molar-refractivity contribution in [1.82, 2.24) is 9.62 Å². The minimum absolute atomic E-state index is 0.0752. The number of nitrogens with zero attached hydrogens (tertiary/aromatic N) is 1. The smallest absolute Gasteiger partial charge is 0.211 e. The number of sulfonamides is 1. The van der Waals surface area contributed by atoms with Crippen LogP contribution in [0.15, 0.2) is 24.3 Å². The van der Waals surface area contributed by atoms with E-state index in [1.54, 1.807) is 0 Å². The molecule has 1 N–H and O–H groups in total. The second-order valence-electron chi connectivity index (χ2n) is 7.32. The number of halogens is 1. The standard InChI is InChI=1S/C19H29ClN2O3S/c20-18-9-5-4-8-17(18)19(22-10-12-25-13-11-22)14-21-26(23,24)15-16-6-2-1-3-7-16/h4-5,8-9,16,19,21H,1-3,6-7,10-15H2/t19-/m1/s1. The number of hydrogen-bond donors (Lipinski definition) is 1. The van der Waals surface area contributed by atoms with Crippen molar-refractivity contribution in [3.05, 3.63) is 34.9 Å². The molecule has 7 heteroatoms. The lowest BCUT2D eigenvalue weighted by atomic mass is 9.91. The quantitative estimate of drug-likeness (QED) is 0.763. The van der Waals surface area contributed by atoms with Gasteiger partial charge in [0.05, 0.1) is 19.0 Å². The molecule has 0 amide bonds. The topological polar surface area (TPSA) is 58.6 Å². The van der Waals surface area contributed by atoms with Crippen LogP contribution in [0.1, 0.15) is 43.7 Å². The molecule has 5 nitrogen and oxygen atoms in total. The first kappa shape index (κ1) is 20.1. The first-order valence-electron chi connectivity index (χ1n) is 9.59. The van der Waals surface area contributed by atoms with Crippen molar-refractivity contribution >= 4 is 21.6 Å². The predicted octanol–water partition coefficient (Wildman–Crippen LogP) is 3.21. The summed E-state index contributed by atoms with van der Waals surface area (Å²) >= 11 is 6.41. The van der Waals surface area contributed by atoms with Crippen molar-refractivity contribution in [3.8, 4) is 0 Å². The molecular formula is C19H29ClN2O3S. The number of rotatable bonds is 7. The van der Waals surface area contributed by atoms with Crippen molar-refractivity contribution in [2.75, 3.05) is 38.6 Å². The number of ether oxygens (including phenoxy) is 1. The minimum Gasteiger partial charge on any atom is -0.379 e. The Balaban J connectivity index is 1.68. The van der Waals surface area contributed by atoms with Gasteiger partial charge >= 0.3 is 0 Å². The Bertz CT molecular complexity index is 671. The van der Waals surface area contributed by atoms with Gasteiger partial charge in [-0.2, -0.15) is 0 Å². The van der Waals surface area contributed by atoms with E-state index in [1.807, 2.05) is 24.3 Å². The fourth-order valence-electron chi connectivity index (χ4n) is 4.00. The minimum atomic E-state index is -3.29. The van der Waals surface area contributed by atoms with Gasteiger partial charge in [0.25, 0.3) is 0 Å². The van der Waals surface area contributed by atoms with Gasteiger partial charge in [-0.3, -0.25) is 4.90 Å². The van der Waals surface area contributed by atoms with Gasteiger partial charge in [-0.05, 0) is 30.4 Å². The number of hydrogen-bond acceptors (Lipinski definition) is 4. The van der Waals surface area contributed by atoms with Crippen LogP contribution in [0.25, 0.3) is 0 Å². The highest BCUT2D eigenvalue weighted by molar-refractivity contribution is 7.89. The third-order valence-corrected chi connectivity index (χ3v) is 7.29. The van der Waals surface area contributed by atoms with Gasteiger partial charge in [0.15, 0.2) is 0 Å². The Kier molecular flexibility index (Phi) is 7.35. The average Bonchev–Trinajstić information content (AvgIpc) is 2.64. The molecule has 1 aliphatic heterocycles. The molecule has 3 rings (SSSR count). The Morgan fingerprint density at radius 1 is 1.15 bits per heavy atom. The Morgan fingerprint density at radius 3 is 2.54 bits per heavy atom. The Hall–Kier alpha value is -0.660. The van der Waals surface area contributed by atoms with E-state index in [0.717, 1.165) is 44.3 Å². The van der Waals surface area contributed by atoms with Gasteiger partial charge in [-0.25, -0.2) is 13.1 Å². The lowest BCUT2D eigenvalue weighted by Crippen LogP contribution is -2.44. The second kappa shape index (κ2) is 9.51.